The number of likely N-dealkylation sites (tertiary alicyclic amines) is 1. The van der Waals surface area contributed by atoms with Gasteiger partial charge in [-0.2, -0.15) is 0 Å². The first kappa shape index (κ1) is 13.6. The first-order chi connectivity index (χ1) is 9.80. The Morgan fingerprint density at radius 1 is 1.40 bits per heavy atom. The van der Waals surface area contributed by atoms with E-state index in [0.717, 1.165) is 24.7 Å². The van der Waals surface area contributed by atoms with Crippen LogP contribution in [0, 0.1) is 5.92 Å². The van der Waals surface area contributed by atoms with Gasteiger partial charge in [-0.3, -0.25) is 4.90 Å². The molecule has 1 N–H and O–H groups in total. The van der Waals surface area contributed by atoms with Crippen LogP contribution in [0.4, 0.5) is 0 Å². The molecule has 0 saturated carbocycles. The van der Waals surface area contributed by atoms with Crippen molar-refractivity contribution in [3.63, 3.8) is 0 Å². The van der Waals surface area contributed by atoms with E-state index < -0.39 is 0 Å². The number of nitrogens with one attached hydrogen (secondary N) is 1. The normalized spacial score (nSPS) is 24.3. The second kappa shape index (κ2) is 5.94. The molecule has 20 heavy (non-hydrogen) atoms. The maximum atomic E-state index is 4.70. The summed E-state index contributed by atoms with van der Waals surface area (Å²) < 4.78 is 2.10. The van der Waals surface area contributed by atoms with Crippen molar-refractivity contribution in [1.82, 2.24) is 19.6 Å². The van der Waals surface area contributed by atoms with Gasteiger partial charge in [-0.25, -0.2) is 4.98 Å². The number of imidazole rings is 1. The summed E-state index contributed by atoms with van der Waals surface area (Å²) in [5.74, 6) is 0.755. The Hall–Kier alpha value is -1.39. The maximum Gasteiger partial charge on any atom is 0.137 e. The zero-order valence-electron chi connectivity index (χ0n) is 12.4. The van der Waals surface area contributed by atoms with Crippen molar-refractivity contribution < 1.29 is 0 Å². The number of aromatic nitrogens is 2. The molecule has 1 aliphatic heterocycles. The third-order valence-corrected chi connectivity index (χ3v) is 4.51. The number of fused-ring (bicyclic) bond motifs is 1. The Balaban J connectivity index is 1.68. The summed E-state index contributed by atoms with van der Waals surface area (Å²) in [5, 5.41) is 3.46. The highest BCUT2D eigenvalue weighted by molar-refractivity contribution is 5.39. The Morgan fingerprint density at radius 2 is 2.30 bits per heavy atom. The zero-order valence-corrected chi connectivity index (χ0v) is 12.4. The molecule has 0 aromatic carbocycles. The molecule has 2 aromatic heterocycles. The molecule has 1 aliphatic rings. The number of rotatable bonds is 4. The van der Waals surface area contributed by atoms with Gasteiger partial charge in [0, 0.05) is 38.1 Å². The quantitative estimate of drug-likeness (QED) is 0.925. The second-order valence-corrected chi connectivity index (χ2v) is 5.79. The Labute approximate surface area is 120 Å². The van der Waals surface area contributed by atoms with E-state index in [1.807, 2.05) is 12.1 Å². The van der Waals surface area contributed by atoms with Gasteiger partial charge >= 0.3 is 0 Å². The van der Waals surface area contributed by atoms with Gasteiger partial charge in [-0.15, -0.1) is 0 Å². The van der Waals surface area contributed by atoms with Crippen LogP contribution in [0.15, 0.2) is 30.6 Å². The number of nitrogens with zero attached hydrogens (tertiary/aromatic N) is 3. The smallest absolute Gasteiger partial charge is 0.137 e. The van der Waals surface area contributed by atoms with Gasteiger partial charge in [0.2, 0.25) is 0 Å². The molecule has 1 saturated heterocycles. The lowest BCUT2D eigenvalue weighted by Crippen LogP contribution is -2.47. The lowest BCUT2D eigenvalue weighted by molar-refractivity contribution is 0.131. The molecular formula is C16H24N4. The molecule has 0 bridgehead atoms. The van der Waals surface area contributed by atoms with Crippen LogP contribution in [0.25, 0.3) is 5.65 Å². The Bertz CT molecular complexity index is 529. The molecule has 0 amide bonds. The Morgan fingerprint density at radius 3 is 3.05 bits per heavy atom. The number of hydrogen-bond acceptors (Lipinski definition) is 3. The van der Waals surface area contributed by atoms with E-state index in [1.165, 1.54) is 25.1 Å². The summed E-state index contributed by atoms with van der Waals surface area (Å²) in [6.45, 7) is 5.60. The zero-order chi connectivity index (χ0) is 13.9. The van der Waals surface area contributed by atoms with E-state index in [9.17, 15) is 0 Å². The third kappa shape index (κ3) is 2.72. The SMILES string of the molecule is CCC1CN(Cc2cn3ccccc3n2)CCC1NC. The molecule has 2 aromatic rings. The molecule has 2 atom stereocenters. The minimum absolute atomic E-state index is 0.678. The van der Waals surface area contributed by atoms with Crippen LogP contribution in [-0.2, 0) is 6.54 Å². The van der Waals surface area contributed by atoms with Gasteiger partial charge < -0.3 is 9.72 Å². The van der Waals surface area contributed by atoms with Crippen molar-refractivity contribution in [1.29, 1.82) is 0 Å². The maximum absolute atomic E-state index is 4.70. The third-order valence-electron chi connectivity index (χ3n) is 4.51. The van der Waals surface area contributed by atoms with Gasteiger partial charge in [-0.1, -0.05) is 19.4 Å². The van der Waals surface area contributed by atoms with Crippen LogP contribution < -0.4 is 5.32 Å². The molecule has 0 radical (unpaired) electrons. The van der Waals surface area contributed by atoms with Crippen molar-refractivity contribution in [3.8, 4) is 0 Å². The van der Waals surface area contributed by atoms with Gasteiger partial charge in [-0.05, 0) is 31.5 Å². The van der Waals surface area contributed by atoms with Crippen LogP contribution in [0.1, 0.15) is 25.5 Å². The summed E-state index contributed by atoms with van der Waals surface area (Å²) in [6, 6.07) is 6.82. The summed E-state index contributed by atoms with van der Waals surface area (Å²) in [6.07, 6.45) is 6.70. The molecule has 0 aliphatic carbocycles. The van der Waals surface area contributed by atoms with E-state index in [2.05, 4.69) is 47.0 Å². The first-order valence-electron chi connectivity index (χ1n) is 7.62. The topological polar surface area (TPSA) is 32.6 Å². The van der Waals surface area contributed by atoms with E-state index >= 15 is 0 Å². The molecule has 0 spiro atoms. The number of hydrogen-bond donors (Lipinski definition) is 1. The van der Waals surface area contributed by atoms with Crippen molar-refractivity contribution in [2.75, 3.05) is 20.1 Å². The summed E-state index contributed by atoms with van der Waals surface area (Å²) >= 11 is 0. The molecule has 1 fully saturated rings. The van der Waals surface area contributed by atoms with Gasteiger partial charge in [0.15, 0.2) is 0 Å². The van der Waals surface area contributed by atoms with E-state index in [1.54, 1.807) is 0 Å². The standard InChI is InChI=1S/C16H24N4/c1-3-13-10-19(9-7-15(13)17-2)11-14-12-20-8-5-4-6-16(20)18-14/h4-6,8,12-13,15,17H,3,7,9-11H2,1-2H3. The van der Waals surface area contributed by atoms with Crippen molar-refractivity contribution in [2.45, 2.75) is 32.4 Å². The van der Waals surface area contributed by atoms with Gasteiger partial charge in [0.25, 0.3) is 0 Å². The first-order valence-corrected chi connectivity index (χ1v) is 7.62. The molecule has 4 nitrogen and oxygen atoms in total. The van der Waals surface area contributed by atoms with Crippen LogP contribution in [0.3, 0.4) is 0 Å². The molecule has 2 unspecified atom stereocenters. The highest BCUT2D eigenvalue weighted by atomic mass is 15.2. The summed E-state index contributed by atoms with van der Waals surface area (Å²) in [5.41, 5.74) is 2.22. The Kier molecular flexibility index (Phi) is 4.03. The predicted octanol–water partition coefficient (Wildman–Crippen LogP) is 2.15. The number of piperidine rings is 1. The fourth-order valence-electron chi connectivity index (χ4n) is 3.34. The molecule has 4 heteroatoms. The molecule has 3 rings (SSSR count). The van der Waals surface area contributed by atoms with E-state index in [4.69, 9.17) is 4.98 Å². The van der Waals surface area contributed by atoms with Crippen LogP contribution in [0.5, 0.6) is 0 Å². The minimum atomic E-state index is 0.678. The highest BCUT2D eigenvalue weighted by Gasteiger charge is 2.27. The fourth-order valence-corrected chi connectivity index (χ4v) is 3.34. The molecule has 108 valence electrons. The monoisotopic (exact) mass is 272 g/mol. The van der Waals surface area contributed by atoms with Crippen molar-refractivity contribution in [2.24, 2.45) is 5.92 Å². The lowest BCUT2D eigenvalue weighted by Gasteiger charge is -2.37. The lowest BCUT2D eigenvalue weighted by atomic mass is 9.90. The van der Waals surface area contributed by atoms with Gasteiger partial charge in [0.05, 0.1) is 5.69 Å². The summed E-state index contributed by atoms with van der Waals surface area (Å²) in [4.78, 5) is 7.25. The van der Waals surface area contributed by atoms with Crippen molar-refractivity contribution in [3.05, 3.63) is 36.3 Å². The van der Waals surface area contributed by atoms with Crippen LogP contribution in [-0.4, -0.2) is 40.5 Å². The molecule has 3 heterocycles. The van der Waals surface area contributed by atoms with Crippen molar-refractivity contribution >= 4 is 5.65 Å². The van der Waals surface area contributed by atoms with E-state index in [0.29, 0.717) is 6.04 Å². The number of pyridine rings is 1. The minimum Gasteiger partial charge on any atom is -0.317 e. The van der Waals surface area contributed by atoms with E-state index in [-0.39, 0.29) is 0 Å². The largest absolute Gasteiger partial charge is 0.317 e. The van der Waals surface area contributed by atoms with Crippen LogP contribution in [0.2, 0.25) is 0 Å². The highest BCUT2D eigenvalue weighted by Crippen LogP contribution is 2.21. The second-order valence-electron chi connectivity index (χ2n) is 5.79. The molecular weight excluding hydrogens is 248 g/mol. The van der Waals surface area contributed by atoms with Crippen LogP contribution >= 0.6 is 0 Å². The average Bonchev–Trinajstić information content (AvgIpc) is 2.89. The van der Waals surface area contributed by atoms with Gasteiger partial charge in [0.1, 0.15) is 5.65 Å². The predicted molar refractivity (Wildman–Crippen MR) is 81.7 cm³/mol. The fraction of sp³-hybridized carbons (Fsp3) is 0.562. The summed E-state index contributed by atoms with van der Waals surface area (Å²) in [7, 11) is 2.09. The average molecular weight is 272 g/mol.